The van der Waals surface area contributed by atoms with Gasteiger partial charge in [0.2, 0.25) is 0 Å². The number of urea groups is 1. The minimum atomic E-state index is -0.0623. The smallest absolute Gasteiger partial charge is 0.315 e. The molecule has 0 aromatic carbocycles. The van der Waals surface area contributed by atoms with Gasteiger partial charge in [0, 0.05) is 28.9 Å². The second-order valence-electron chi connectivity index (χ2n) is 5.86. The van der Waals surface area contributed by atoms with Crippen LogP contribution in [0.4, 0.5) is 4.79 Å². The van der Waals surface area contributed by atoms with Crippen molar-refractivity contribution in [2.45, 2.75) is 52.1 Å². The van der Waals surface area contributed by atoms with Crippen LogP contribution in [0, 0.1) is 6.92 Å². The van der Waals surface area contributed by atoms with Gasteiger partial charge in [0.05, 0.1) is 6.54 Å². The van der Waals surface area contributed by atoms with Crippen molar-refractivity contribution < 1.29 is 4.79 Å². The molecule has 118 valence electrons. The van der Waals surface area contributed by atoms with E-state index in [2.05, 4.69) is 41.5 Å². The molecule has 0 spiro atoms. The molecule has 1 aromatic heterocycles. The second-order valence-corrected chi connectivity index (χ2v) is 7.23. The Bertz CT molecular complexity index is 446. The largest absolute Gasteiger partial charge is 0.338 e. The third kappa shape index (κ3) is 5.67. The van der Waals surface area contributed by atoms with Gasteiger partial charge >= 0.3 is 6.03 Å². The predicted octanol–water partition coefficient (Wildman–Crippen LogP) is 3.12. The molecule has 1 aromatic rings. The predicted molar refractivity (Wildman–Crippen MR) is 88.8 cm³/mol. The summed E-state index contributed by atoms with van der Waals surface area (Å²) < 4.78 is 0. The summed E-state index contributed by atoms with van der Waals surface area (Å²) in [6.07, 6.45) is 5.02. The maximum atomic E-state index is 11.7. The Hall–Kier alpha value is -1.07. The lowest BCUT2D eigenvalue weighted by Gasteiger charge is -2.33. The summed E-state index contributed by atoms with van der Waals surface area (Å²) >= 11 is 1.73. The van der Waals surface area contributed by atoms with E-state index in [1.807, 2.05) is 0 Å². The van der Waals surface area contributed by atoms with Crippen molar-refractivity contribution in [3.63, 3.8) is 0 Å². The molecule has 2 heterocycles. The van der Waals surface area contributed by atoms with Crippen LogP contribution in [0.2, 0.25) is 0 Å². The highest BCUT2D eigenvalue weighted by Crippen LogP contribution is 2.16. The number of nitrogens with zero attached hydrogens (tertiary/aromatic N) is 1. The molecule has 2 N–H and O–H groups in total. The summed E-state index contributed by atoms with van der Waals surface area (Å²) in [5.74, 6) is 0. The highest BCUT2D eigenvalue weighted by Gasteiger charge is 2.17. The van der Waals surface area contributed by atoms with Gasteiger partial charge in [0.1, 0.15) is 0 Å². The van der Waals surface area contributed by atoms with Gasteiger partial charge in [-0.25, -0.2) is 4.79 Å². The molecule has 1 aliphatic heterocycles. The maximum Gasteiger partial charge on any atom is 0.315 e. The fraction of sp³-hybridized carbons (Fsp3) is 0.688. The average Bonchev–Trinajstić information content (AvgIpc) is 2.89. The van der Waals surface area contributed by atoms with Gasteiger partial charge in [-0.3, -0.25) is 0 Å². The number of piperidine rings is 1. The van der Waals surface area contributed by atoms with Crippen molar-refractivity contribution in [3.8, 4) is 0 Å². The monoisotopic (exact) mass is 309 g/mol. The lowest BCUT2D eigenvalue weighted by atomic mass is 10.0. The summed E-state index contributed by atoms with van der Waals surface area (Å²) in [5.41, 5.74) is 0. The standard InChI is InChI=1S/C16H27N3OS/c1-13-6-3-4-10-19(13)11-5-9-17-16(20)18-12-15-8-7-14(2)21-15/h7-8,13H,3-6,9-12H2,1-2H3,(H2,17,18,20). The first-order valence-corrected chi connectivity index (χ1v) is 8.78. The van der Waals surface area contributed by atoms with Crippen molar-refractivity contribution in [3.05, 3.63) is 21.9 Å². The van der Waals surface area contributed by atoms with Crippen LogP contribution in [-0.2, 0) is 6.54 Å². The Kier molecular flexibility index (Phi) is 6.51. The Labute approximate surface area is 131 Å². The van der Waals surface area contributed by atoms with E-state index in [4.69, 9.17) is 0 Å². The molecule has 21 heavy (non-hydrogen) atoms. The van der Waals surface area contributed by atoms with Gasteiger partial charge < -0.3 is 15.5 Å². The van der Waals surface area contributed by atoms with Crippen LogP contribution >= 0.6 is 11.3 Å². The van der Waals surface area contributed by atoms with E-state index in [1.54, 1.807) is 11.3 Å². The molecule has 1 fully saturated rings. The molecule has 0 bridgehead atoms. The number of hydrogen-bond donors (Lipinski definition) is 2. The summed E-state index contributed by atoms with van der Waals surface area (Å²) in [7, 11) is 0. The van der Waals surface area contributed by atoms with Gasteiger partial charge in [-0.15, -0.1) is 11.3 Å². The molecule has 1 aliphatic rings. The van der Waals surface area contributed by atoms with Crippen molar-refractivity contribution in [2.24, 2.45) is 0 Å². The van der Waals surface area contributed by atoms with Gasteiger partial charge in [-0.05, 0) is 51.8 Å². The number of nitrogens with one attached hydrogen (secondary N) is 2. The van der Waals surface area contributed by atoms with Crippen LogP contribution in [0.5, 0.6) is 0 Å². The van der Waals surface area contributed by atoms with E-state index in [9.17, 15) is 4.79 Å². The molecular weight excluding hydrogens is 282 g/mol. The van der Waals surface area contributed by atoms with Crippen LogP contribution in [0.1, 0.15) is 42.4 Å². The first-order valence-electron chi connectivity index (χ1n) is 7.96. The van der Waals surface area contributed by atoms with E-state index in [0.29, 0.717) is 12.6 Å². The third-order valence-corrected chi connectivity index (χ3v) is 5.07. The van der Waals surface area contributed by atoms with Gasteiger partial charge in [0.25, 0.3) is 0 Å². The molecule has 1 atom stereocenters. The minimum Gasteiger partial charge on any atom is -0.338 e. The SMILES string of the molecule is Cc1ccc(CNC(=O)NCCCN2CCCCC2C)s1. The number of aryl methyl sites for hydroxylation is 1. The van der Waals surface area contributed by atoms with E-state index >= 15 is 0 Å². The van der Waals surface area contributed by atoms with Crippen molar-refractivity contribution in [2.75, 3.05) is 19.6 Å². The first kappa shape index (κ1) is 16.3. The van der Waals surface area contributed by atoms with Crippen LogP contribution in [0.25, 0.3) is 0 Å². The zero-order chi connectivity index (χ0) is 15.1. The average molecular weight is 309 g/mol. The van der Waals surface area contributed by atoms with Crippen LogP contribution in [-0.4, -0.2) is 36.6 Å². The lowest BCUT2D eigenvalue weighted by Crippen LogP contribution is -2.40. The minimum absolute atomic E-state index is 0.0623. The molecule has 5 heteroatoms. The first-order chi connectivity index (χ1) is 10.1. The van der Waals surface area contributed by atoms with Gasteiger partial charge in [0.15, 0.2) is 0 Å². The fourth-order valence-electron chi connectivity index (χ4n) is 2.78. The van der Waals surface area contributed by atoms with E-state index in [1.165, 1.54) is 35.6 Å². The number of hydrogen-bond acceptors (Lipinski definition) is 3. The zero-order valence-electron chi connectivity index (χ0n) is 13.2. The number of amides is 2. The van der Waals surface area contributed by atoms with Crippen molar-refractivity contribution in [1.29, 1.82) is 0 Å². The molecule has 2 amide bonds. The lowest BCUT2D eigenvalue weighted by molar-refractivity contribution is 0.159. The van der Waals surface area contributed by atoms with E-state index in [0.717, 1.165) is 19.5 Å². The van der Waals surface area contributed by atoms with Crippen LogP contribution in [0.3, 0.4) is 0 Å². The molecule has 1 unspecified atom stereocenters. The molecule has 2 rings (SSSR count). The van der Waals surface area contributed by atoms with Gasteiger partial charge in [-0.2, -0.15) is 0 Å². The number of likely N-dealkylation sites (tertiary alicyclic amines) is 1. The van der Waals surface area contributed by atoms with Gasteiger partial charge in [-0.1, -0.05) is 6.42 Å². The summed E-state index contributed by atoms with van der Waals surface area (Å²) in [6, 6.07) is 4.79. The highest BCUT2D eigenvalue weighted by molar-refractivity contribution is 7.11. The Balaban J connectivity index is 1.54. The quantitative estimate of drug-likeness (QED) is 0.793. The van der Waals surface area contributed by atoms with E-state index < -0.39 is 0 Å². The number of carbonyl (C=O) groups is 1. The summed E-state index contributed by atoms with van der Waals surface area (Å²) in [5, 5.41) is 5.85. The molecule has 0 saturated carbocycles. The Morgan fingerprint density at radius 2 is 2.24 bits per heavy atom. The number of thiophene rings is 1. The molecule has 0 aliphatic carbocycles. The maximum absolute atomic E-state index is 11.7. The Morgan fingerprint density at radius 3 is 2.95 bits per heavy atom. The highest BCUT2D eigenvalue weighted by atomic mass is 32.1. The number of carbonyl (C=O) groups excluding carboxylic acids is 1. The van der Waals surface area contributed by atoms with Crippen LogP contribution in [0.15, 0.2) is 12.1 Å². The Morgan fingerprint density at radius 1 is 1.38 bits per heavy atom. The molecule has 0 radical (unpaired) electrons. The van der Waals surface area contributed by atoms with Crippen molar-refractivity contribution >= 4 is 17.4 Å². The third-order valence-electron chi connectivity index (χ3n) is 4.07. The fourth-order valence-corrected chi connectivity index (χ4v) is 3.61. The topological polar surface area (TPSA) is 44.4 Å². The zero-order valence-corrected chi connectivity index (χ0v) is 14.0. The van der Waals surface area contributed by atoms with Crippen LogP contribution < -0.4 is 10.6 Å². The molecule has 4 nitrogen and oxygen atoms in total. The summed E-state index contributed by atoms with van der Waals surface area (Å²) in [4.78, 5) is 16.7. The van der Waals surface area contributed by atoms with E-state index in [-0.39, 0.29) is 6.03 Å². The molecular formula is C16H27N3OS. The van der Waals surface area contributed by atoms with Crippen molar-refractivity contribution in [1.82, 2.24) is 15.5 Å². The second kappa shape index (κ2) is 8.39. The normalized spacial score (nSPS) is 19.4. The summed E-state index contributed by atoms with van der Waals surface area (Å²) in [6.45, 7) is 8.06. The molecule has 1 saturated heterocycles. The number of rotatable bonds is 6.